The van der Waals surface area contributed by atoms with Gasteiger partial charge in [0.2, 0.25) is 0 Å². The fourth-order valence-corrected chi connectivity index (χ4v) is 5.22. The minimum Gasteiger partial charge on any atom is -0.446 e. The fourth-order valence-electron chi connectivity index (χ4n) is 5.22. The normalized spacial score (nSPS) is 11.7. The molecule has 0 spiro atoms. The molecule has 23 nitrogen and oxygen atoms in total. The SMILES string of the molecule is [N-]=[N+]=Nc1ccc(NCCCCC(C(=O)OC(N)CCCCCNc2ccc([N+](=O)[O-])cc2[N+](=O)[O-])c2ccc([N+](=O)[O-])cc2[N+](=O)[O-])c([N+](=O)[O-])c1. The first-order valence-corrected chi connectivity index (χ1v) is 15.9. The molecule has 2 unspecified atom stereocenters. The molecule has 0 heterocycles. The van der Waals surface area contributed by atoms with Crippen molar-refractivity contribution in [1.29, 1.82) is 0 Å². The zero-order valence-electron chi connectivity index (χ0n) is 27.8. The van der Waals surface area contributed by atoms with Crippen LogP contribution in [0.2, 0.25) is 0 Å². The van der Waals surface area contributed by atoms with E-state index in [1.807, 2.05) is 0 Å². The summed E-state index contributed by atoms with van der Waals surface area (Å²) in [6.07, 6.45) is 1.11. The van der Waals surface area contributed by atoms with Crippen LogP contribution in [-0.4, -0.2) is 49.9 Å². The highest BCUT2D eigenvalue weighted by Gasteiger charge is 2.32. The number of hydrogen-bond acceptors (Lipinski definition) is 16. The molecule has 0 aliphatic carbocycles. The van der Waals surface area contributed by atoms with Crippen LogP contribution in [-0.2, 0) is 9.53 Å². The number of nitro benzene ring substituents is 5. The molecule has 0 radical (unpaired) electrons. The van der Waals surface area contributed by atoms with Crippen molar-refractivity contribution in [2.45, 2.75) is 57.1 Å². The molecule has 0 saturated carbocycles. The van der Waals surface area contributed by atoms with Crippen LogP contribution < -0.4 is 16.4 Å². The van der Waals surface area contributed by atoms with Gasteiger partial charge in [-0.15, -0.1) is 0 Å². The Labute approximate surface area is 298 Å². The van der Waals surface area contributed by atoms with Crippen molar-refractivity contribution in [3.8, 4) is 0 Å². The van der Waals surface area contributed by atoms with E-state index in [4.69, 9.17) is 16.0 Å². The number of non-ortho nitro benzene ring substituents is 2. The second-order valence-corrected chi connectivity index (χ2v) is 11.3. The fraction of sp³-hybridized carbons (Fsp3) is 0.367. The Morgan fingerprint density at radius 1 is 0.698 bits per heavy atom. The molecule has 0 aliphatic heterocycles. The summed E-state index contributed by atoms with van der Waals surface area (Å²) in [7, 11) is 0. The lowest BCUT2D eigenvalue weighted by atomic mass is 9.91. The van der Waals surface area contributed by atoms with Crippen molar-refractivity contribution in [3.63, 3.8) is 0 Å². The van der Waals surface area contributed by atoms with Gasteiger partial charge in [-0.1, -0.05) is 24.0 Å². The van der Waals surface area contributed by atoms with Gasteiger partial charge in [0.05, 0.1) is 42.7 Å². The van der Waals surface area contributed by atoms with Crippen LogP contribution in [0.5, 0.6) is 0 Å². The Morgan fingerprint density at radius 2 is 1.21 bits per heavy atom. The highest BCUT2D eigenvalue weighted by molar-refractivity contribution is 5.80. The molecule has 0 fully saturated rings. The van der Waals surface area contributed by atoms with E-state index in [1.54, 1.807) is 0 Å². The van der Waals surface area contributed by atoms with Gasteiger partial charge in [-0.2, -0.15) is 0 Å². The van der Waals surface area contributed by atoms with Crippen LogP contribution in [0.15, 0.2) is 59.7 Å². The molecule has 23 heteroatoms. The third-order valence-electron chi connectivity index (χ3n) is 7.79. The van der Waals surface area contributed by atoms with Gasteiger partial charge in [-0.05, 0) is 55.8 Å². The minimum atomic E-state index is -1.25. The third-order valence-corrected chi connectivity index (χ3v) is 7.79. The van der Waals surface area contributed by atoms with Gasteiger partial charge >= 0.3 is 5.97 Å². The van der Waals surface area contributed by atoms with E-state index in [0.29, 0.717) is 25.7 Å². The zero-order chi connectivity index (χ0) is 39.1. The largest absolute Gasteiger partial charge is 0.446 e. The molecule has 2 atom stereocenters. The first-order chi connectivity index (χ1) is 25.2. The monoisotopic (exact) mass is 739 g/mol. The lowest BCUT2D eigenvalue weighted by Crippen LogP contribution is -2.30. The molecule has 3 rings (SSSR count). The van der Waals surface area contributed by atoms with Crippen LogP contribution in [0, 0.1) is 50.6 Å². The molecule has 0 aliphatic rings. The van der Waals surface area contributed by atoms with E-state index in [1.165, 1.54) is 18.2 Å². The molecule has 4 N–H and O–H groups in total. The van der Waals surface area contributed by atoms with E-state index < -0.39 is 65.5 Å². The molecular weight excluding hydrogens is 706 g/mol. The van der Waals surface area contributed by atoms with Crippen molar-refractivity contribution in [2.24, 2.45) is 10.8 Å². The van der Waals surface area contributed by atoms with Crippen LogP contribution in [0.3, 0.4) is 0 Å². The highest BCUT2D eigenvalue weighted by atomic mass is 16.6. The number of ether oxygens (including phenoxy) is 1. The first-order valence-electron chi connectivity index (χ1n) is 15.9. The van der Waals surface area contributed by atoms with Gasteiger partial charge in [0.1, 0.15) is 11.4 Å². The average molecular weight is 740 g/mol. The average Bonchev–Trinajstić information content (AvgIpc) is 3.11. The predicted octanol–water partition coefficient (Wildman–Crippen LogP) is 7.04. The van der Waals surface area contributed by atoms with E-state index in [2.05, 4.69) is 20.7 Å². The summed E-state index contributed by atoms with van der Waals surface area (Å²) in [6, 6.07) is 9.97. The standard InChI is InChI=1S/C30H33N11O12/c31-29(7-2-1-4-14-33-25-13-10-21(38(45)46)18-28(25)41(51)52)53-30(42)23(22-11-9-20(37(43)44)17-26(22)39(47)48)6-3-5-15-34-24-12-8-19(35-36-32)16-27(24)40(49)50/h8-13,16-18,23,29,33-34H,1-7,14-15,31H2. The second kappa shape index (κ2) is 19.4. The summed E-state index contributed by atoms with van der Waals surface area (Å²) in [6.45, 7) is 0.459. The summed E-state index contributed by atoms with van der Waals surface area (Å²) in [5, 5.41) is 66.0. The third kappa shape index (κ3) is 11.8. The van der Waals surface area contributed by atoms with E-state index in [-0.39, 0.29) is 60.7 Å². The Bertz CT molecular complexity index is 1920. The number of nitrogens with zero attached hydrogens (tertiary/aromatic N) is 8. The van der Waals surface area contributed by atoms with Crippen LogP contribution in [0.1, 0.15) is 56.4 Å². The Morgan fingerprint density at radius 3 is 1.77 bits per heavy atom. The van der Waals surface area contributed by atoms with E-state index in [0.717, 1.165) is 36.4 Å². The number of hydrogen-bond donors (Lipinski definition) is 3. The lowest BCUT2D eigenvalue weighted by Gasteiger charge is -2.20. The summed E-state index contributed by atoms with van der Waals surface area (Å²) < 4.78 is 5.44. The maximum Gasteiger partial charge on any atom is 0.315 e. The van der Waals surface area contributed by atoms with Gasteiger partial charge < -0.3 is 15.4 Å². The van der Waals surface area contributed by atoms with Crippen molar-refractivity contribution in [2.75, 3.05) is 23.7 Å². The summed E-state index contributed by atoms with van der Waals surface area (Å²) in [5.41, 5.74) is 12.4. The van der Waals surface area contributed by atoms with Crippen molar-refractivity contribution >= 4 is 51.5 Å². The lowest BCUT2D eigenvalue weighted by molar-refractivity contribution is -0.394. The number of rotatable bonds is 22. The molecule has 280 valence electrons. The molecule has 0 amide bonds. The molecule has 0 bridgehead atoms. The number of azide groups is 1. The number of nitrogens with one attached hydrogen (secondary N) is 2. The number of esters is 1. The van der Waals surface area contributed by atoms with Gasteiger partial charge in [-0.3, -0.25) is 61.1 Å². The van der Waals surface area contributed by atoms with Gasteiger partial charge in [0.15, 0.2) is 6.23 Å². The number of anilines is 2. The van der Waals surface area contributed by atoms with Crippen LogP contribution in [0.4, 0.5) is 45.5 Å². The quantitative estimate of drug-likeness (QED) is 0.0136. The Kier molecular flexibility index (Phi) is 14.8. The number of carbonyl (C=O) groups is 1. The number of unbranched alkanes of at least 4 members (excludes halogenated alkanes) is 3. The highest BCUT2D eigenvalue weighted by Crippen LogP contribution is 2.35. The van der Waals surface area contributed by atoms with Gasteiger partial charge in [0, 0.05) is 47.5 Å². The molecular formula is C30H33N11O12. The van der Waals surface area contributed by atoms with Crippen molar-refractivity contribution in [3.05, 3.63) is 121 Å². The molecule has 3 aromatic carbocycles. The van der Waals surface area contributed by atoms with E-state index >= 15 is 0 Å². The number of nitro groups is 5. The minimum absolute atomic E-state index is 0.00967. The summed E-state index contributed by atoms with van der Waals surface area (Å²) >= 11 is 0. The van der Waals surface area contributed by atoms with Gasteiger partial charge in [-0.25, -0.2) is 0 Å². The number of nitrogens with two attached hydrogens (primary N) is 1. The van der Waals surface area contributed by atoms with Gasteiger partial charge in [0.25, 0.3) is 28.4 Å². The molecule has 0 aromatic heterocycles. The first kappa shape index (κ1) is 40.4. The summed E-state index contributed by atoms with van der Waals surface area (Å²) in [5.74, 6) is -2.15. The predicted molar refractivity (Wildman–Crippen MR) is 188 cm³/mol. The topological polar surface area (TPSA) is 341 Å². The van der Waals surface area contributed by atoms with Crippen molar-refractivity contribution in [1.82, 2.24) is 0 Å². The Hall–Kier alpha value is -7.00. The summed E-state index contributed by atoms with van der Waals surface area (Å²) in [4.78, 5) is 69.1. The second-order valence-electron chi connectivity index (χ2n) is 11.3. The Balaban J connectivity index is 1.61. The molecule has 53 heavy (non-hydrogen) atoms. The van der Waals surface area contributed by atoms with Crippen LogP contribution in [0.25, 0.3) is 10.4 Å². The smallest absolute Gasteiger partial charge is 0.315 e. The zero-order valence-corrected chi connectivity index (χ0v) is 27.8. The molecule has 3 aromatic rings. The molecule has 0 saturated heterocycles. The maximum atomic E-state index is 13.4. The maximum absolute atomic E-state index is 13.4. The van der Waals surface area contributed by atoms with Crippen LogP contribution >= 0.6 is 0 Å². The number of carbonyl (C=O) groups excluding carboxylic acids is 1. The van der Waals surface area contributed by atoms with E-state index in [9.17, 15) is 55.4 Å². The number of benzene rings is 3. The van der Waals surface area contributed by atoms with Crippen molar-refractivity contribution < 1.29 is 34.1 Å².